The molecule has 1 amide bonds. The quantitative estimate of drug-likeness (QED) is 0.896. The molecule has 1 aromatic rings. The van der Waals surface area contributed by atoms with Gasteiger partial charge in [-0.3, -0.25) is 4.79 Å². The summed E-state index contributed by atoms with van der Waals surface area (Å²) in [7, 11) is 0. The largest absolute Gasteiger partial charge is 0.496 e. The Balaban J connectivity index is 1.94. The van der Waals surface area contributed by atoms with E-state index in [2.05, 4.69) is 6.07 Å². The van der Waals surface area contributed by atoms with Gasteiger partial charge in [0.1, 0.15) is 23.2 Å². The van der Waals surface area contributed by atoms with E-state index in [1.54, 1.807) is 36.9 Å². The molecule has 6 heteroatoms. The lowest BCUT2D eigenvalue weighted by atomic mass is 9.85. The van der Waals surface area contributed by atoms with Crippen LogP contribution >= 0.6 is 0 Å². The number of nitriles is 1. The van der Waals surface area contributed by atoms with E-state index in [1.807, 2.05) is 13.8 Å². The molecular weight excluding hydrogens is 332 g/mol. The summed E-state index contributed by atoms with van der Waals surface area (Å²) in [5.41, 5.74) is 0.232. The van der Waals surface area contributed by atoms with Crippen molar-refractivity contribution >= 4 is 5.91 Å². The number of hydrogen-bond acceptors (Lipinski definition) is 5. The highest BCUT2D eigenvalue weighted by Crippen LogP contribution is 2.44. The van der Waals surface area contributed by atoms with Crippen LogP contribution in [0.25, 0.3) is 0 Å². The summed E-state index contributed by atoms with van der Waals surface area (Å²) >= 11 is 0. The Bertz CT molecular complexity index is 791. The third-order valence-electron chi connectivity index (χ3n) is 4.67. The van der Waals surface area contributed by atoms with Crippen molar-refractivity contribution in [2.75, 3.05) is 13.2 Å². The first-order chi connectivity index (χ1) is 12.2. The summed E-state index contributed by atoms with van der Waals surface area (Å²) in [6.07, 6.45) is 0.538. The number of aliphatic hydroxyl groups is 1. The lowest BCUT2D eigenvalue weighted by Gasteiger charge is -2.45. The zero-order valence-corrected chi connectivity index (χ0v) is 15.5. The summed E-state index contributed by atoms with van der Waals surface area (Å²) in [6.45, 7) is 8.48. The SMILES string of the molecule is CC(C)COC1=CC(=O)N([C@@H]2c3cc(C#N)ccc3OC(C)(C)[C@H]2O)C1. The van der Waals surface area contributed by atoms with Crippen LogP contribution in [0, 0.1) is 17.2 Å². The van der Waals surface area contributed by atoms with Gasteiger partial charge in [-0.25, -0.2) is 0 Å². The predicted octanol–water partition coefficient (Wildman–Crippen LogP) is 2.53. The Morgan fingerprint density at radius 1 is 1.46 bits per heavy atom. The van der Waals surface area contributed by atoms with Gasteiger partial charge in [-0.05, 0) is 38.0 Å². The van der Waals surface area contributed by atoms with Gasteiger partial charge in [0.05, 0.1) is 30.8 Å². The van der Waals surface area contributed by atoms with Crippen molar-refractivity contribution in [2.24, 2.45) is 5.92 Å². The van der Waals surface area contributed by atoms with Crippen LogP contribution in [0.5, 0.6) is 5.75 Å². The summed E-state index contributed by atoms with van der Waals surface area (Å²) < 4.78 is 11.6. The zero-order chi connectivity index (χ0) is 19.1. The normalized spacial score (nSPS) is 24.0. The fourth-order valence-electron chi connectivity index (χ4n) is 3.28. The molecule has 0 radical (unpaired) electrons. The highest BCUT2D eigenvalue weighted by atomic mass is 16.5. The maximum Gasteiger partial charge on any atom is 0.251 e. The van der Waals surface area contributed by atoms with E-state index in [0.29, 0.717) is 41.7 Å². The molecule has 1 N–H and O–H groups in total. The molecular formula is C20H24N2O4. The van der Waals surface area contributed by atoms with E-state index in [4.69, 9.17) is 9.47 Å². The minimum atomic E-state index is -0.939. The van der Waals surface area contributed by atoms with Crippen molar-refractivity contribution in [1.82, 2.24) is 4.90 Å². The number of nitrogens with zero attached hydrogens (tertiary/aromatic N) is 2. The average molecular weight is 356 g/mol. The number of carbonyl (C=O) groups is 1. The second kappa shape index (κ2) is 6.65. The van der Waals surface area contributed by atoms with Gasteiger partial charge in [0.15, 0.2) is 0 Å². The van der Waals surface area contributed by atoms with Gasteiger partial charge in [-0.1, -0.05) is 13.8 Å². The van der Waals surface area contributed by atoms with Crippen LogP contribution in [0.2, 0.25) is 0 Å². The molecule has 0 spiro atoms. The number of hydrogen-bond donors (Lipinski definition) is 1. The van der Waals surface area contributed by atoms with E-state index in [0.717, 1.165) is 0 Å². The third kappa shape index (κ3) is 3.27. The Morgan fingerprint density at radius 3 is 2.85 bits per heavy atom. The molecule has 6 nitrogen and oxygen atoms in total. The highest BCUT2D eigenvalue weighted by molar-refractivity contribution is 5.91. The van der Waals surface area contributed by atoms with Crippen molar-refractivity contribution in [3.63, 3.8) is 0 Å². The molecule has 2 heterocycles. The third-order valence-corrected chi connectivity index (χ3v) is 4.67. The summed E-state index contributed by atoms with van der Waals surface area (Å²) in [5.74, 6) is 1.32. The standard InChI is InChI=1S/C20H24N2O4/c1-12(2)11-25-14-8-17(23)22(10-14)18-15-7-13(9-21)5-6-16(15)26-20(3,4)19(18)24/h5-8,12,18-19,24H,10-11H2,1-4H3/t18-,19+/m1/s1. The molecule has 2 aliphatic heterocycles. The van der Waals surface area contributed by atoms with Crippen molar-refractivity contribution in [3.8, 4) is 11.8 Å². The smallest absolute Gasteiger partial charge is 0.251 e. The summed E-state index contributed by atoms with van der Waals surface area (Å²) in [5, 5.41) is 20.1. The van der Waals surface area contributed by atoms with Crippen molar-refractivity contribution in [2.45, 2.75) is 45.4 Å². The van der Waals surface area contributed by atoms with Gasteiger partial charge in [0.25, 0.3) is 5.91 Å². The Morgan fingerprint density at radius 2 is 2.19 bits per heavy atom. The molecule has 3 rings (SSSR count). The highest BCUT2D eigenvalue weighted by Gasteiger charge is 2.47. The number of fused-ring (bicyclic) bond motifs is 1. The second-order valence-corrected chi connectivity index (χ2v) is 7.74. The molecule has 2 aliphatic rings. The maximum absolute atomic E-state index is 12.6. The summed E-state index contributed by atoms with van der Waals surface area (Å²) in [4.78, 5) is 14.2. The zero-order valence-electron chi connectivity index (χ0n) is 15.5. The number of amides is 1. The number of carbonyl (C=O) groups excluding carboxylic acids is 1. The minimum absolute atomic E-state index is 0.209. The lowest BCUT2D eigenvalue weighted by Crippen LogP contribution is -2.54. The van der Waals surface area contributed by atoms with E-state index in [-0.39, 0.29) is 5.91 Å². The van der Waals surface area contributed by atoms with Crippen molar-refractivity contribution in [3.05, 3.63) is 41.2 Å². The predicted molar refractivity (Wildman–Crippen MR) is 95.2 cm³/mol. The number of benzene rings is 1. The number of ether oxygens (including phenoxy) is 2. The van der Waals surface area contributed by atoms with Crippen LogP contribution in [0.1, 0.15) is 44.9 Å². The molecule has 2 atom stereocenters. The molecule has 0 bridgehead atoms. The Hall–Kier alpha value is -2.52. The summed E-state index contributed by atoms with van der Waals surface area (Å²) in [6, 6.07) is 6.56. The van der Waals surface area contributed by atoms with Gasteiger partial charge in [0.2, 0.25) is 0 Å². The van der Waals surface area contributed by atoms with Crippen LogP contribution in [0.15, 0.2) is 30.0 Å². The van der Waals surface area contributed by atoms with Crippen LogP contribution < -0.4 is 4.74 Å². The molecule has 0 fully saturated rings. The monoisotopic (exact) mass is 356 g/mol. The topological polar surface area (TPSA) is 82.8 Å². The molecule has 0 aliphatic carbocycles. The molecule has 0 saturated carbocycles. The van der Waals surface area contributed by atoms with Gasteiger partial charge in [0, 0.05) is 11.6 Å². The van der Waals surface area contributed by atoms with Gasteiger partial charge in [-0.15, -0.1) is 0 Å². The van der Waals surface area contributed by atoms with Crippen LogP contribution in [0.3, 0.4) is 0 Å². The van der Waals surface area contributed by atoms with Gasteiger partial charge < -0.3 is 19.5 Å². The van der Waals surface area contributed by atoms with Gasteiger partial charge in [-0.2, -0.15) is 5.26 Å². The van der Waals surface area contributed by atoms with Crippen LogP contribution in [0.4, 0.5) is 0 Å². The molecule has 0 saturated heterocycles. The number of aliphatic hydroxyl groups excluding tert-OH is 1. The lowest BCUT2D eigenvalue weighted by molar-refractivity contribution is -0.137. The van der Waals surface area contributed by atoms with E-state index >= 15 is 0 Å². The molecule has 0 aromatic heterocycles. The molecule has 0 unspecified atom stereocenters. The number of rotatable bonds is 4. The fraction of sp³-hybridized carbons (Fsp3) is 0.500. The first-order valence-corrected chi connectivity index (χ1v) is 8.78. The van der Waals surface area contributed by atoms with E-state index in [1.165, 1.54) is 6.08 Å². The van der Waals surface area contributed by atoms with Crippen molar-refractivity contribution < 1.29 is 19.4 Å². The van der Waals surface area contributed by atoms with Crippen LogP contribution in [-0.4, -0.2) is 40.8 Å². The molecule has 26 heavy (non-hydrogen) atoms. The first-order valence-electron chi connectivity index (χ1n) is 8.78. The first kappa shape index (κ1) is 18.3. The molecule has 1 aromatic carbocycles. The molecule has 138 valence electrons. The van der Waals surface area contributed by atoms with Gasteiger partial charge >= 0.3 is 0 Å². The van der Waals surface area contributed by atoms with E-state index < -0.39 is 17.7 Å². The van der Waals surface area contributed by atoms with Crippen molar-refractivity contribution in [1.29, 1.82) is 5.26 Å². The van der Waals surface area contributed by atoms with E-state index in [9.17, 15) is 15.2 Å². The Labute approximate surface area is 153 Å². The fourth-order valence-corrected chi connectivity index (χ4v) is 3.28. The second-order valence-electron chi connectivity index (χ2n) is 7.74. The Kier molecular flexibility index (Phi) is 4.68. The van der Waals surface area contributed by atoms with Crippen LogP contribution in [-0.2, 0) is 9.53 Å². The average Bonchev–Trinajstić information content (AvgIpc) is 2.94. The maximum atomic E-state index is 12.6. The minimum Gasteiger partial charge on any atom is -0.496 e.